The minimum absolute atomic E-state index is 0.135. The first kappa shape index (κ1) is 21.1. The van der Waals surface area contributed by atoms with Crippen LogP contribution in [-0.2, 0) is 11.2 Å². The van der Waals surface area contributed by atoms with Gasteiger partial charge in [0.15, 0.2) is 5.65 Å². The lowest BCUT2D eigenvalue weighted by Crippen LogP contribution is -2.37. The molecule has 0 saturated carbocycles. The molecule has 1 aromatic carbocycles. The maximum absolute atomic E-state index is 13.1. The smallest absolute Gasteiger partial charge is 0.261 e. The number of aliphatic hydroxyl groups is 1. The van der Waals surface area contributed by atoms with Crippen LogP contribution in [0.1, 0.15) is 28.4 Å². The van der Waals surface area contributed by atoms with Crippen LogP contribution in [0, 0.1) is 6.92 Å². The van der Waals surface area contributed by atoms with Crippen LogP contribution in [-0.4, -0.2) is 65.1 Å². The molecule has 1 atom stereocenters. The molecule has 5 rings (SSSR count). The van der Waals surface area contributed by atoms with E-state index in [1.54, 1.807) is 29.2 Å². The first-order chi connectivity index (χ1) is 15.1. The average molecular weight is 425 g/mol. The second kappa shape index (κ2) is 8.91. The van der Waals surface area contributed by atoms with Crippen LogP contribution < -0.4 is 15.0 Å². The molecule has 2 N–H and O–H groups in total. The van der Waals surface area contributed by atoms with E-state index < -0.39 is 0 Å². The third kappa shape index (κ3) is 3.94. The van der Waals surface area contributed by atoms with E-state index >= 15 is 0 Å². The number of hydrogen-bond acceptors (Lipinski definition) is 7. The second-order valence-electron chi connectivity index (χ2n) is 7.52. The van der Waals surface area contributed by atoms with Crippen LogP contribution in [0.25, 0.3) is 5.65 Å². The van der Waals surface area contributed by atoms with Crippen molar-refractivity contribution < 1.29 is 19.4 Å². The summed E-state index contributed by atoms with van der Waals surface area (Å²) in [6.45, 7) is 7.01. The van der Waals surface area contributed by atoms with Crippen molar-refractivity contribution in [2.45, 2.75) is 26.4 Å². The van der Waals surface area contributed by atoms with Crippen molar-refractivity contribution >= 4 is 22.9 Å². The highest BCUT2D eigenvalue weighted by atomic mass is 16.5. The SMILES string of the molecule is CO.Cc1c2c(cc(NC(=O)c3cnn4cccnc34)c1N1CCOCC1)CC(C)O2. The maximum atomic E-state index is 13.1. The molecule has 0 spiro atoms. The van der Waals surface area contributed by atoms with E-state index in [1.165, 1.54) is 0 Å². The zero-order chi connectivity index (χ0) is 22.0. The Bertz CT molecular complexity index is 1090. The molecule has 0 radical (unpaired) electrons. The highest BCUT2D eigenvalue weighted by Gasteiger charge is 2.28. The molecule has 1 fully saturated rings. The molecule has 2 aliphatic heterocycles. The van der Waals surface area contributed by atoms with Gasteiger partial charge in [0.25, 0.3) is 5.91 Å². The molecule has 9 heteroatoms. The zero-order valence-corrected chi connectivity index (χ0v) is 18.0. The van der Waals surface area contributed by atoms with Crippen molar-refractivity contribution in [1.29, 1.82) is 0 Å². The van der Waals surface area contributed by atoms with Gasteiger partial charge in [0, 0.05) is 50.1 Å². The number of fused-ring (bicyclic) bond motifs is 2. The summed E-state index contributed by atoms with van der Waals surface area (Å²) in [6, 6.07) is 3.83. The highest BCUT2D eigenvalue weighted by molar-refractivity contribution is 6.09. The minimum atomic E-state index is -0.223. The molecule has 1 saturated heterocycles. The van der Waals surface area contributed by atoms with Gasteiger partial charge in [-0.1, -0.05) is 0 Å². The molecule has 3 aromatic rings. The summed E-state index contributed by atoms with van der Waals surface area (Å²) in [5.41, 5.74) is 4.96. The summed E-state index contributed by atoms with van der Waals surface area (Å²) >= 11 is 0. The van der Waals surface area contributed by atoms with E-state index in [0.717, 1.165) is 54.9 Å². The lowest BCUT2D eigenvalue weighted by Gasteiger charge is -2.32. The van der Waals surface area contributed by atoms with Gasteiger partial charge in [-0.05, 0) is 26.0 Å². The van der Waals surface area contributed by atoms with Crippen LogP contribution in [0.3, 0.4) is 0 Å². The quantitative estimate of drug-likeness (QED) is 0.662. The lowest BCUT2D eigenvalue weighted by atomic mass is 10.0. The molecule has 0 aliphatic carbocycles. The van der Waals surface area contributed by atoms with E-state index in [1.807, 2.05) is 6.07 Å². The largest absolute Gasteiger partial charge is 0.490 e. The van der Waals surface area contributed by atoms with Gasteiger partial charge in [-0.2, -0.15) is 5.10 Å². The van der Waals surface area contributed by atoms with E-state index in [0.29, 0.717) is 24.4 Å². The third-order valence-electron chi connectivity index (χ3n) is 5.49. The van der Waals surface area contributed by atoms with Crippen LogP contribution in [0.15, 0.2) is 30.7 Å². The van der Waals surface area contributed by atoms with Crippen molar-refractivity contribution in [3.63, 3.8) is 0 Å². The fraction of sp³-hybridized carbons (Fsp3) is 0.409. The molecule has 0 bridgehead atoms. The Labute approximate surface area is 180 Å². The van der Waals surface area contributed by atoms with Gasteiger partial charge in [0.2, 0.25) is 0 Å². The molecule has 4 heterocycles. The van der Waals surface area contributed by atoms with E-state index in [-0.39, 0.29) is 12.0 Å². The predicted molar refractivity (Wildman–Crippen MR) is 117 cm³/mol. The fourth-order valence-electron chi connectivity index (χ4n) is 4.19. The van der Waals surface area contributed by atoms with Crippen LogP contribution >= 0.6 is 0 Å². The molecule has 1 amide bonds. The fourth-order valence-corrected chi connectivity index (χ4v) is 4.19. The van der Waals surface area contributed by atoms with E-state index in [9.17, 15) is 4.79 Å². The van der Waals surface area contributed by atoms with Gasteiger partial charge in [0.05, 0.1) is 30.8 Å². The monoisotopic (exact) mass is 425 g/mol. The Morgan fingerprint density at radius 2 is 2.06 bits per heavy atom. The number of benzene rings is 1. The average Bonchev–Trinajstić information content (AvgIpc) is 3.39. The molecule has 164 valence electrons. The first-order valence-electron chi connectivity index (χ1n) is 10.3. The number of ether oxygens (including phenoxy) is 2. The normalized spacial score (nSPS) is 17.5. The number of morpholine rings is 1. The van der Waals surface area contributed by atoms with E-state index in [2.05, 4.69) is 34.1 Å². The number of aromatic nitrogens is 3. The van der Waals surface area contributed by atoms with Crippen LogP contribution in [0.2, 0.25) is 0 Å². The Kier molecular flexibility index (Phi) is 6.06. The molecule has 9 nitrogen and oxygen atoms in total. The molecule has 31 heavy (non-hydrogen) atoms. The number of carbonyl (C=O) groups excluding carboxylic acids is 1. The van der Waals surface area contributed by atoms with Crippen molar-refractivity contribution in [2.24, 2.45) is 0 Å². The number of aliphatic hydroxyl groups excluding tert-OH is 1. The van der Waals surface area contributed by atoms with Gasteiger partial charge in [-0.25, -0.2) is 9.50 Å². The summed E-state index contributed by atoms with van der Waals surface area (Å²) in [6.07, 6.45) is 5.95. The number of carbonyl (C=O) groups is 1. The zero-order valence-electron chi connectivity index (χ0n) is 18.0. The minimum Gasteiger partial charge on any atom is -0.490 e. The Morgan fingerprint density at radius 3 is 2.84 bits per heavy atom. The highest BCUT2D eigenvalue weighted by Crippen LogP contribution is 2.43. The third-order valence-corrected chi connectivity index (χ3v) is 5.49. The number of rotatable bonds is 3. The molecular formula is C22H27N5O4. The summed E-state index contributed by atoms with van der Waals surface area (Å²) < 4.78 is 13.2. The number of nitrogens with one attached hydrogen (secondary N) is 1. The van der Waals surface area contributed by atoms with Crippen LogP contribution in [0.5, 0.6) is 5.75 Å². The van der Waals surface area contributed by atoms with Crippen LogP contribution in [0.4, 0.5) is 11.4 Å². The van der Waals surface area contributed by atoms with E-state index in [4.69, 9.17) is 14.6 Å². The van der Waals surface area contributed by atoms with Crippen molar-refractivity contribution in [3.05, 3.63) is 47.4 Å². The van der Waals surface area contributed by atoms with Gasteiger partial charge in [-0.3, -0.25) is 4.79 Å². The lowest BCUT2D eigenvalue weighted by molar-refractivity contribution is 0.102. The summed E-state index contributed by atoms with van der Waals surface area (Å²) in [5, 5.41) is 14.3. The molecule has 2 aliphatic rings. The summed E-state index contributed by atoms with van der Waals surface area (Å²) in [4.78, 5) is 19.7. The topological polar surface area (TPSA) is 101 Å². The van der Waals surface area contributed by atoms with Gasteiger partial charge >= 0.3 is 0 Å². The van der Waals surface area contributed by atoms with Crippen molar-refractivity contribution in [2.75, 3.05) is 43.6 Å². The predicted octanol–water partition coefficient (Wildman–Crippen LogP) is 2.06. The van der Waals surface area contributed by atoms with Crippen molar-refractivity contribution in [1.82, 2.24) is 14.6 Å². The molecule has 2 aromatic heterocycles. The molecular weight excluding hydrogens is 398 g/mol. The number of hydrogen-bond donors (Lipinski definition) is 2. The Morgan fingerprint density at radius 1 is 1.29 bits per heavy atom. The Hall–Kier alpha value is -3.17. The van der Waals surface area contributed by atoms with Gasteiger partial charge in [-0.15, -0.1) is 0 Å². The molecule has 1 unspecified atom stereocenters. The Balaban J connectivity index is 0.00000112. The first-order valence-corrected chi connectivity index (χ1v) is 10.3. The standard InChI is InChI=1S/C21H23N5O3.CH4O/c1-13-10-15-11-17(18(14(2)19(15)29-13)25-6-8-28-9-7-25)24-21(27)16-12-23-26-5-3-4-22-20(16)26;1-2/h3-5,11-13H,6-10H2,1-2H3,(H,24,27);2H,1H3. The van der Waals surface area contributed by atoms with Gasteiger partial charge < -0.3 is 24.8 Å². The van der Waals surface area contributed by atoms with Crippen molar-refractivity contribution in [3.8, 4) is 5.75 Å². The number of amides is 1. The summed E-state index contributed by atoms with van der Waals surface area (Å²) in [5.74, 6) is 0.717. The second-order valence-corrected chi connectivity index (χ2v) is 7.52. The number of anilines is 2. The maximum Gasteiger partial charge on any atom is 0.261 e. The number of nitrogens with zero attached hydrogens (tertiary/aromatic N) is 4. The summed E-state index contributed by atoms with van der Waals surface area (Å²) in [7, 11) is 1.00. The van der Waals surface area contributed by atoms with Gasteiger partial charge in [0.1, 0.15) is 17.4 Å².